The zero-order chi connectivity index (χ0) is 13.8. The molecule has 0 spiro atoms. The van der Waals surface area contributed by atoms with E-state index >= 15 is 0 Å². The second kappa shape index (κ2) is 5.63. The topological polar surface area (TPSA) is 97.3 Å². The number of nitrogens with zero attached hydrogens (tertiary/aromatic N) is 3. The van der Waals surface area contributed by atoms with E-state index in [1.54, 1.807) is 23.3 Å². The molecule has 0 aliphatic heterocycles. The molecule has 0 unspecified atom stereocenters. The average molecular weight is 279 g/mol. The first kappa shape index (κ1) is 13.2. The minimum Gasteiger partial charge on any atom is -0.349 e. The van der Waals surface area contributed by atoms with Gasteiger partial charge in [-0.3, -0.25) is 10.1 Å². The zero-order valence-corrected chi connectivity index (χ0v) is 11.1. The summed E-state index contributed by atoms with van der Waals surface area (Å²) in [5.74, 6) is 5.96. The summed E-state index contributed by atoms with van der Waals surface area (Å²) in [6.45, 7) is 0.555. The Kier molecular flexibility index (Phi) is 3.93. The number of aromatic nitrogens is 1. The van der Waals surface area contributed by atoms with Gasteiger partial charge in [-0.15, -0.1) is 11.3 Å². The maximum absolute atomic E-state index is 11.0. The minimum absolute atomic E-state index is 0.0435. The molecule has 19 heavy (non-hydrogen) atoms. The third kappa shape index (κ3) is 2.98. The van der Waals surface area contributed by atoms with Gasteiger partial charge in [0.15, 0.2) is 0 Å². The molecular weight excluding hydrogens is 266 g/mol. The van der Waals surface area contributed by atoms with Crippen LogP contribution in [-0.2, 0) is 6.54 Å². The van der Waals surface area contributed by atoms with Gasteiger partial charge in [-0.2, -0.15) is 0 Å². The molecule has 2 heterocycles. The van der Waals surface area contributed by atoms with E-state index in [1.807, 2.05) is 17.5 Å². The van der Waals surface area contributed by atoms with E-state index in [9.17, 15) is 10.1 Å². The molecular formula is C11H13N5O2S. The highest BCUT2D eigenvalue weighted by atomic mass is 32.1. The quantitative estimate of drug-likeness (QED) is 0.493. The summed E-state index contributed by atoms with van der Waals surface area (Å²) in [7, 11) is 1.76. The Bertz CT molecular complexity index is 572. The van der Waals surface area contributed by atoms with E-state index in [-0.39, 0.29) is 11.5 Å². The summed E-state index contributed by atoms with van der Waals surface area (Å²) >= 11 is 1.59. The predicted octanol–water partition coefficient (Wildman–Crippen LogP) is 1.97. The maximum Gasteiger partial charge on any atom is 0.311 e. The molecule has 0 amide bonds. The van der Waals surface area contributed by atoms with Crippen LogP contribution in [0.4, 0.5) is 17.3 Å². The van der Waals surface area contributed by atoms with Crippen molar-refractivity contribution >= 4 is 28.7 Å². The summed E-state index contributed by atoms with van der Waals surface area (Å²) < 4.78 is 0. The van der Waals surface area contributed by atoms with E-state index in [0.717, 1.165) is 4.88 Å². The van der Waals surface area contributed by atoms with Crippen LogP contribution >= 0.6 is 11.3 Å². The van der Waals surface area contributed by atoms with Crippen LogP contribution in [0.25, 0.3) is 0 Å². The van der Waals surface area contributed by atoms with Crippen LogP contribution < -0.4 is 16.2 Å². The number of hydrogen-bond donors (Lipinski definition) is 2. The molecule has 0 aliphatic carbocycles. The van der Waals surface area contributed by atoms with E-state index in [2.05, 4.69) is 10.4 Å². The van der Waals surface area contributed by atoms with Gasteiger partial charge in [0.2, 0.25) is 5.82 Å². The molecule has 100 valence electrons. The number of nitrogens with two attached hydrogens (primary N) is 1. The van der Waals surface area contributed by atoms with Gasteiger partial charge in [-0.1, -0.05) is 6.07 Å². The highest BCUT2D eigenvalue weighted by Gasteiger charge is 2.19. The van der Waals surface area contributed by atoms with Crippen LogP contribution in [0.3, 0.4) is 0 Å². The molecule has 7 nitrogen and oxygen atoms in total. The first-order chi connectivity index (χ1) is 9.11. The van der Waals surface area contributed by atoms with Gasteiger partial charge in [0, 0.05) is 18.0 Å². The third-order valence-electron chi connectivity index (χ3n) is 2.53. The fourth-order valence-corrected chi connectivity index (χ4v) is 2.41. The van der Waals surface area contributed by atoms with Crippen molar-refractivity contribution in [2.75, 3.05) is 17.4 Å². The Morgan fingerprint density at radius 2 is 2.32 bits per heavy atom. The van der Waals surface area contributed by atoms with Gasteiger partial charge in [-0.25, -0.2) is 10.8 Å². The first-order valence-electron chi connectivity index (χ1n) is 5.47. The maximum atomic E-state index is 11.0. The average Bonchev–Trinajstić information content (AvgIpc) is 2.90. The normalized spacial score (nSPS) is 10.2. The number of hydrogen-bond acceptors (Lipinski definition) is 7. The zero-order valence-electron chi connectivity index (χ0n) is 10.2. The van der Waals surface area contributed by atoms with Gasteiger partial charge in [0.05, 0.1) is 11.5 Å². The lowest BCUT2D eigenvalue weighted by molar-refractivity contribution is -0.384. The molecule has 0 bridgehead atoms. The van der Waals surface area contributed by atoms with E-state index in [4.69, 9.17) is 5.84 Å². The van der Waals surface area contributed by atoms with Crippen LogP contribution in [0, 0.1) is 10.1 Å². The number of nitrogens with one attached hydrogen (secondary N) is 1. The predicted molar refractivity (Wildman–Crippen MR) is 75.1 cm³/mol. The highest BCUT2D eigenvalue weighted by molar-refractivity contribution is 7.09. The van der Waals surface area contributed by atoms with E-state index in [1.165, 1.54) is 12.1 Å². The lowest BCUT2D eigenvalue weighted by Gasteiger charge is -2.17. The monoisotopic (exact) mass is 279 g/mol. The fraction of sp³-hybridized carbons (Fsp3) is 0.182. The van der Waals surface area contributed by atoms with Crippen molar-refractivity contribution in [3.63, 3.8) is 0 Å². The van der Waals surface area contributed by atoms with E-state index < -0.39 is 4.92 Å². The number of nitro groups is 1. The Labute approximate surface area is 113 Å². The van der Waals surface area contributed by atoms with Crippen molar-refractivity contribution in [2.45, 2.75) is 6.54 Å². The van der Waals surface area contributed by atoms with Crippen molar-refractivity contribution in [3.05, 3.63) is 44.6 Å². The molecule has 0 atom stereocenters. The Morgan fingerprint density at radius 3 is 2.89 bits per heavy atom. The number of thiophene rings is 1. The summed E-state index contributed by atoms with van der Waals surface area (Å²) in [6.07, 6.45) is 0. The van der Waals surface area contributed by atoms with Gasteiger partial charge in [0.25, 0.3) is 0 Å². The Hall–Kier alpha value is -2.19. The summed E-state index contributed by atoms with van der Waals surface area (Å²) in [5.41, 5.74) is 2.35. The molecule has 0 aromatic carbocycles. The minimum atomic E-state index is -0.451. The molecule has 0 fully saturated rings. The molecule has 2 aromatic heterocycles. The van der Waals surface area contributed by atoms with Crippen LogP contribution in [0.15, 0.2) is 29.6 Å². The molecule has 3 N–H and O–H groups in total. The summed E-state index contributed by atoms with van der Waals surface area (Å²) in [6, 6.07) is 6.77. The second-order valence-electron chi connectivity index (χ2n) is 3.88. The largest absolute Gasteiger partial charge is 0.349 e. The van der Waals surface area contributed by atoms with E-state index in [0.29, 0.717) is 12.4 Å². The van der Waals surface area contributed by atoms with Crippen LogP contribution in [0.2, 0.25) is 0 Å². The fourth-order valence-electron chi connectivity index (χ4n) is 1.66. The Morgan fingerprint density at radius 1 is 1.53 bits per heavy atom. The number of hydrazine groups is 1. The van der Waals surface area contributed by atoms with Gasteiger partial charge in [-0.05, 0) is 17.5 Å². The molecule has 0 saturated carbocycles. The number of nitrogen functional groups attached to an aromatic ring is 1. The van der Waals surface area contributed by atoms with Gasteiger partial charge in [0.1, 0.15) is 5.82 Å². The number of rotatable bonds is 5. The lowest BCUT2D eigenvalue weighted by Crippen LogP contribution is -2.19. The smallest absolute Gasteiger partial charge is 0.311 e. The van der Waals surface area contributed by atoms with Crippen LogP contribution in [0.5, 0.6) is 0 Å². The van der Waals surface area contributed by atoms with Crippen molar-refractivity contribution in [1.29, 1.82) is 0 Å². The van der Waals surface area contributed by atoms with Crippen molar-refractivity contribution < 1.29 is 4.92 Å². The summed E-state index contributed by atoms with van der Waals surface area (Å²) in [4.78, 5) is 17.5. The molecule has 8 heteroatoms. The van der Waals surface area contributed by atoms with Crippen molar-refractivity contribution in [1.82, 2.24) is 4.98 Å². The van der Waals surface area contributed by atoms with Crippen molar-refractivity contribution in [3.8, 4) is 0 Å². The standard InChI is InChI=1S/C11H13N5O2S/c1-15(7-8-3-2-6-19-8)11-9(16(17)18)4-5-10(13-11)14-12/h2-6H,7,12H2,1H3,(H,13,14). The second-order valence-corrected chi connectivity index (χ2v) is 4.91. The number of pyridine rings is 1. The van der Waals surface area contributed by atoms with Crippen LogP contribution in [0.1, 0.15) is 4.88 Å². The van der Waals surface area contributed by atoms with Crippen molar-refractivity contribution in [2.24, 2.45) is 5.84 Å². The third-order valence-corrected chi connectivity index (χ3v) is 3.39. The molecule has 0 aliphatic rings. The number of anilines is 2. The molecule has 0 radical (unpaired) electrons. The van der Waals surface area contributed by atoms with Gasteiger partial charge < -0.3 is 10.3 Å². The SMILES string of the molecule is CN(Cc1cccs1)c1nc(NN)ccc1[N+](=O)[O-]. The molecule has 2 aromatic rings. The molecule has 2 rings (SSSR count). The van der Waals surface area contributed by atoms with Crippen LogP contribution in [-0.4, -0.2) is 17.0 Å². The Balaban J connectivity index is 2.32. The summed E-state index contributed by atoms with van der Waals surface area (Å²) in [5, 5.41) is 13.0. The first-order valence-corrected chi connectivity index (χ1v) is 6.35. The lowest BCUT2D eigenvalue weighted by atomic mass is 10.3. The molecule has 0 saturated heterocycles. The highest BCUT2D eigenvalue weighted by Crippen LogP contribution is 2.28. The van der Waals surface area contributed by atoms with Gasteiger partial charge >= 0.3 is 5.69 Å².